The summed E-state index contributed by atoms with van der Waals surface area (Å²) in [5.74, 6) is -0.380. The van der Waals surface area contributed by atoms with Gasteiger partial charge in [-0.2, -0.15) is 0 Å². The Morgan fingerprint density at radius 3 is 2.69 bits per heavy atom. The van der Waals surface area contributed by atoms with E-state index < -0.39 is 6.04 Å². The van der Waals surface area contributed by atoms with E-state index in [1.165, 1.54) is 20.0 Å². The third-order valence-corrected chi connectivity index (χ3v) is 2.46. The number of aliphatic hydroxyl groups is 1. The SMILES string of the molecule is COC(=O)[C@@H](CO)NC1CCCC1. The molecule has 0 saturated heterocycles. The van der Waals surface area contributed by atoms with Crippen LogP contribution in [-0.2, 0) is 9.53 Å². The van der Waals surface area contributed by atoms with Crippen molar-refractivity contribution in [2.75, 3.05) is 13.7 Å². The Morgan fingerprint density at radius 2 is 2.23 bits per heavy atom. The van der Waals surface area contributed by atoms with Crippen LogP contribution in [0.4, 0.5) is 0 Å². The summed E-state index contributed by atoms with van der Waals surface area (Å²) < 4.78 is 4.55. The van der Waals surface area contributed by atoms with Gasteiger partial charge >= 0.3 is 5.97 Å². The number of aliphatic hydroxyl groups excluding tert-OH is 1. The van der Waals surface area contributed by atoms with Crippen LogP contribution >= 0.6 is 0 Å². The van der Waals surface area contributed by atoms with Gasteiger partial charge in [0.05, 0.1) is 13.7 Å². The third kappa shape index (κ3) is 2.97. The number of rotatable bonds is 4. The zero-order valence-electron chi connectivity index (χ0n) is 7.95. The number of methoxy groups -OCH3 is 1. The monoisotopic (exact) mass is 187 g/mol. The number of hydrogen-bond donors (Lipinski definition) is 2. The van der Waals surface area contributed by atoms with Crippen molar-refractivity contribution in [1.82, 2.24) is 5.32 Å². The molecule has 0 bridgehead atoms. The van der Waals surface area contributed by atoms with Crippen LogP contribution in [0.5, 0.6) is 0 Å². The lowest BCUT2D eigenvalue weighted by Gasteiger charge is -2.18. The van der Waals surface area contributed by atoms with E-state index in [0.717, 1.165) is 12.8 Å². The maximum absolute atomic E-state index is 11.1. The van der Waals surface area contributed by atoms with Crippen molar-refractivity contribution in [3.05, 3.63) is 0 Å². The molecule has 0 unspecified atom stereocenters. The average molecular weight is 187 g/mol. The number of carbonyl (C=O) groups is 1. The highest BCUT2D eigenvalue weighted by atomic mass is 16.5. The second kappa shape index (κ2) is 5.19. The van der Waals surface area contributed by atoms with Gasteiger partial charge in [-0.1, -0.05) is 12.8 Å². The van der Waals surface area contributed by atoms with Gasteiger partial charge in [-0.05, 0) is 12.8 Å². The van der Waals surface area contributed by atoms with Gasteiger partial charge in [-0.25, -0.2) is 0 Å². The molecule has 4 nitrogen and oxygen atoms in total. The fraction of sp³-hybridized carbons (Fsp3) is 0.889. The molecule has 2 N–H and O–H groups in total. The second-order valence-electron chi connectivity index (χ2n) is 3.41. The first kappa shape index (κ1) is 10.5. The molecular weight excluding hydrogens is 170 g/mol. The van der Waals surface area contributed by atoms with Crippen LogP contribution in [-0.4, -0.2) is 36.9 Å². The highest BCUT2D eigenvalue weighted by Gasteiger charge is 2.23. The highest BCUT2D eigenvalue weighted by Crippen LogP contribution is 2.18. The average Bonchev–Trinajstić information content (AvgIpc) is 2.65. The molecule has 1 atom stereocenters. The van der Waals surface area contributed by atoms with Crippen LogP contribution in [0.3, 0.4) is 0 Å². The fourth-order valence-corrected chi connectivity index (χ4v) is 1.71. The van der Waals surface area contributed by atoms with Crippen molar-refractivity contribution in [1.29, 1.82) is 0 Å². The van der Waals surface area contributed by atoms with Crippen molar-refractivity contribution in [3.8, 4) is 0 Å². The molecule has 13 heavy (non-hydrogen) atoms. The van der Waals surface area contributed by atoms with Crippen LogP contribution in [0, 0.1) is 0 Å². The van der Waals surface area contributed by atoms with E-state index in [1.54, 1.807) is 0 Å². The quantitative estimate of drug-likeness (QED) is 0.611. The summed E-state index contributed by atoms with van der Waals surface area (Å²) in [6.07, 6.45) is 4.59. The van der Waals surface area contributed by atoms with Crippen molar-refractivity contribution in [2.24, 2.45) is 0 Å². The molecule has 0 spiro atoms. The molecule has 1 aliphatic carbocycles. The Labute approximate surface area is 78.3 Å². The van der Waals surface area contributed by atoms with Gasteiger partial charge in [0.2, 0.25) is 0 Å². The summed E-state index contributed by atoms with van der Waals surface area (Å²) in [5, 5.41) is 12.0. The van der Waals surface area contributed by atoms with Crippen LogP contribution < -0.4 is 5.32 Å². The number of nitrogens with one attached hydrogen (secondary N) is 1. The minimum Gasteiger partial charge on any atom is -0.468 e. The van der Waals surface area contributed by atoms with Gasteiger partial charge in [0, 0.05) is 6.04 Å². The topological polar surface area (TPSA) is 58.6 Å². The molecule has 4 heteroatoms. The first-order chi connectivity index (χ1) is 6.27. The molecule has 0 aromatic carbocycles. The molecule has 0 heterocycles. The molecule has 1 saturated carbocycles. The van der Waals surface area contributed by atoms with Crippen molar-refractivity contribution >= 4 is 5.97 Å². The minimum absolute atomic E-state index is 0.191. The summed E-state index contributed by atoms with van der Waals surface area (Å²) in [6, 6.07) is -0.177. The minimum atomic E-state index is -0.548. The molecular formula is C9H17NO3. The van der Waals surface area contributed by atoms with Gasteiger partial charge in [-0.3, -0.25) is 10.1 Å². The van der Waals surface area contributed by atoms with Crippen LogP contribution in [0.25, 0.3) is 0 Å². The highest BCUT2D eigenvalue weighted by molar-refractivity contribution is 5.75. The summed E-state index contributed by atoms with van der Waals surface area (Å²) >= 11 is 0. The number of ether oxygens (including phenoxy) is 1. The molecule has 1 rings (SSSR count). The van der Waals surface area contributed by atoms with E-state index in [-0.39, 0.29) is 12.6 Å². The largest absolute Gasteiger partial charge is 0.468 e. The van der Waals surface area contributed by atoms with E-state index >= 15 is 0 Å². The lowest BCUT2D eigenvalue weighted by Crippen LogP contribution is -2.45. The summed E-state index contributed by atoms with van der Waals surface area (Å²) in [7, 11) is 1.33. The molecule has 0 radical (unpaired) electrons. The number of carbonyl (C=O) groups excluding carboxylic acids is 1. The van der Waals surface area contributed by atoms with E-state index in [9.17, 15) is 4.79 Å². The molecule has 76 valence electrons. The van der Waals surface area contributed by atoms with Crippen LogP contribution in [0.15, 0.2) is 0 Å². The van der Waals surface area contributed by atoms with Crippen molar-refractivity contribution < 1.29 is 14.6 Å². The van der Waals surface area contributed by atoms with Crippen molar-refractivity contribution in [3.63, 3.8) is 0 Å². The Morgan fingerprint density at radius 1 is 1.62 bits per heavy atom. The maximum Gasteiger partial charge on any atom is 0.325 e. The Bertz CT molecular complexity index is 166. The van der Waals surface area contributed by atoms with E-state index in [0.29, 0.717) is 6.04 Å². The molecule has 0 amide bonds. The van der Waals surface area contributed by atoms with Crippen molar-refractivity contribution in [2.45, 2.75) is 37.8 Å². The Hall–Kier alpha value is -0.610. The van der Waals surface area contributed by atoms with Gasteiger partial charge in [0.15, 0.2) is 0 Å². The van der Waals surface area contributed by atoms with Gasteiger partial charge in [0.1, 0.15) is 6.04 Å². The molecule has 1 fully saturated rings. The number of hydrogen-bond acceptors (Lipinski definition) is 4. The predicted octanol–water partition coefficient (Wildman–Crippen LogP) is 0.0525. The molecule has 0 aromatic heterocycles. The standard InChI is InChI=1S/C9H17NO3/c1-13-9(12)8(6-11)10-7-4-2-3-5-7/h7-8,10-11H,2-6H2,1H3/t8-/m1/s1. The van der Waals surface area contributed by atoms with Gasteiger partial charge in [-0.15, -0.1) is 0 Å². The number of esters is 1. The fourth-order valence-electron chi connectivity index (χ4n) is 1.71. The second-order valence-corrected chi connectivity index (χ2v) is 3.41. The summed E-state index contributed by atoms with van der Waals surface area (Å²) in [6.45, 7) is -0.191. The summed E-state index contributed by atoms with van der Waals surface area (Å²) in [4.78, 5) is 11.1. The predicted molar refractivity (Wildman–Crippen MR) is 48.3 cm³/mol. The van der Waals surface area contributed by atoms with E-state index in [4.69, 9.17) is 5.11 Å². The van der Waals surface area contributed by atoms with Crippen LogP contribution in [0.1, 0.15) is 25.7 Å². The molecule has 0 aliphatic heterocycles. The van der Waals surface area contributed by atoms with Gasteiger partial charge in [0.25, 0.3) is 0 Å². The summed E-state index contributed by atoms with van der Waals surface area (Å²) in [5.41, 5.74) is 0. The first-order valence-electron chi connectivity index (χ1n) is 4.72. The lowest BCUT2D eigenvalue weighted by atomic mass is 10.2. The molecule has 1 aliphatic rings. The maximum atomic E-state index is 11.1. The van der Waals surface area contributed by atoms with Gasteiger partial charge < -0.3 is 9.84 Å². The molecule has 0 aromatic rings. The van der Waals surface area contributed by atoms with Crippen LogP contribution in [0.2, 0.25) is 0 Å². The normalized spacial score (nSPS) is 20.2. The zero-order chi connectivity index (χ0) is 9.68. The van der Waals surface area contributed by atoms with E-state index in [1.807, 2.05) is 0 Å². The Kier molecular flexibility index (Phi) is 4.18. The first-order valence-corrected chi connectivity index (χ1v) is 4.72. The van der Waals surface area contributed by atoms with E-state index in [2.05, 4.69) is 10.1 Å². The third-order valence-electron chi connectivity index (χ3n) is 2.46. The zero-order valence-corrected chi connectivity index (χ0v) is 7.95. The Balaban J connectivity index is 2.33. The smallest absolute Gasteiger partial charge is 0.325 e. The lowest BCUT2D eigenvalue weighted by molar-refractivity contribution is -0.144.